The summed E-state index contributed by atoms with van der Waals surface area (Å²) < 4.78 is 10.6. The fourth-order valence-electron chi connectivity index (χ4n) is 2.56. The van der Waals surface area contributed by atoms with Gasteiger partial charge in [0.05, 0.1) is 11.6 Å². The van der Waals surface area contributed by atoms with Crippen molar-refractivity contribution < 1.29 is 24.2 Å². The number of carbonyl (C=O) groups excluding carboxylic acids is 1. The second-order valence-electron chi connectivity index (χ2n) is 5.47. The van der Waals surface area contributed by atoms with E-state index in [2.05, 4.69) is 10.3 Å². The van der Waals surface area contributed by atoms with E-state index in [1.54, 1.807) is 30.5 Å². The molecule has 24 heavy (non-hydrogen) atoms. The zero-order valence-electron chi connectivity index (χ0n) is 12.6. The van der Waals surface area contributed by atoms with Gasteiger partial charge in [-0.15, -0.1) is 0 Å². The number of hydrogen-bond acceptors (Lipinski definition) is 5. The van der Waals surface area contributed by atoms with Crippen LogP contribution >= 0.6 is 11.6 Å². The molecule has 0 saturated carbocycles. The first-order chi connectivity index (χ1) is 11.5. The molecule has 2 heterocycles. The molecule has 1 unspecified atom stereocenters. The van der Waals surface area contributed by atoms with Crippen LogP contribution in [0.1, 0.15) is 6.42 Å². The number of amides is 1. The lowest BCUT2D eigenvalue weighted by molar-refractivity contribution is -0.148. The Hall–Kier alpha value is -2.38. The first-order valence-electron chi connectivity index (χ1n) is 7.30. The van der Waals surface area contributed by atoms with Crippen LogP contribution in [0.5, 0.6) is 5.75 Å². The maximum absolute atomic E-state index is 12.1. The summed E-state index contributed by atoms with van der Waals surface area (Å²) in [7, 11) is 0. The van der Waals surface area contributed by atoms with Crippen LogP contribution in [0, 0.1) is 0 Å². The predicted molar refractivity (Wildman–Crippen MR) is 86.2 cm³/mol. The lowest BCUT2D eigenvalue weighted by Gasteiger charge is -2.23. The van der Waals surface area contributed by atoms with Crippen LogP contribution in [0.4, 0.5) is 0 Å². The second kappa shape index (κ2) is 6.62. The van der Waals surface area contributed by atoms with E-state index >= 15 is 0 Å². The largest absolute Gasteiger partial charge is 0.481 e. The summed E-state index contributed by atoms with van der Waals surface area (Å²) in [5.41, 5.74) is -0.851. The van der Waals surface area contributed by atoms with Crippen LogP contribution in [0.25, 0.3) is 10.9 Å². The number of ether oxygens (including phenoxy) is 2. The van der Waals surface area contributed by atoms with E-state index in [9.17, 15) is 14.7 Å². The Morgan fingerprint density at radius 1 is 1.42 bits per heavy atom. The Bertz CT molecular complexity index is 789. The maximum atomic E-state index is 12.1. The van der Waals surface area contributed by atoms with Crippen LogP contribution in [0.15, 0.2) is 30.5 Å². The lowest BCUT2D eigenvalue weighted by Crippen LogP contribution is -2.56. The summed E-state index contributed by atoms with van der Waals surface area (Å²) in [4.78, 5) is 27.7. The Morgan fingerprint density at radius 2 is 2.25 bits per heavy atom. The van der Waals surface area contributed by atoms with Crippen molar-refractivity contribution in [2.45, 2.75) is 12.0 Å². The highest BCUT2D eigenvalue weighted by Gasteiger charge is 2.43. The number of halogens is 1. The molecule has 126 valence electrons. The van der Waals surface area contributed by atoms with Crippen molar-refractivity contribution in [2.75, 3.05) is 19.8 Å². The molecular formula is C16H15ClN2O5. The number of pyridine rings is 1. The Balaban J connectivity index is 1.71. The molecule has 3 rings (SSSR count). The van der Waals surface area contributed by atoms with E-state index in [1.165, 1.54) is 0 Å². The molecule has 1 aliphatic heterocycles. The van der Waals surface area contributed by atoms with E-state index in [4.69, 9.17) is 21.1 Å². The Labute approximate surface area is 142 Å². The predicted octanol–water partition coefficient (Wildman–Crippen LogP) is 1.63. The Morgan fingerprint density at radius 3 is 2.96 bits per heavy atom. The Kier molecular flexibility index (Phi) is 4.55. The molecule has 8 heteroatoms. The van der Waals surface area contributed by atoms with Crippen LogP contribution in [-0.2, 0) is 14.3 Å². The van der Waals surface area contributed by atoms with Gasteiger partial charge < -0.3 is 19.9 Å². The maximum Gasteiger partial charge on any atom is 0.331 e. The minimum Gasteiger partial charge on any atom is -0.481 e. The van der Waals surface area contributed by atoms with Gasteiger partial charge in [-0.05, 0) is 24.3 Å². The molecule has 2 aromatic rings. The number of carbonyl (C=O) groups is 2. The molecule has 0 bridgehead atoms. The van der Waals surface area contributed by atoms with E-state index < -0.39 is 17.4 Å². The monoisotopic (exact) mass is 350 g/mol. The quantitative estimate of drug-likeness (QED) is 0.850. The van der Waals surface area contributed by atoms with Gasteiger partial charge in [0.25, 0.3) is 5.91 Å². The highest BCUT2D eigenvalue weighted by molar-refractivity contribution is 6.35. The van der Waals surface area contributed by atoms with Gasteiger partial charge in [0, 0.05) is 24.6 Å². The van der Waals surface area contributed by atoms with Crippen molar-refractivity contribution in [3.05, 3.63) is 35.5 Å². The molecule has 1 aliphatic rings. The fourth-order valence-corrected chi connectivity index (χ4v) is 2.78. The molecule has 1 saturated heterocycles. The number of nitrogens with one attached hydrogen (secondary N) is 1. The van der Waals surface area contributed by atoms with Crippen molar-refractivity contribution in [3.63, 3.8) is 0 Å². The molecule has 7 nitrogen and oxygen atoms in total. The normalized spacial score (nSPS) is 20.0. The third-order valence-electron chi connectivity index (χ3n) is 3.85. The van der Waals surface area contributed by atoms with Crippen molar-refractivity contribution >= 4 is 34.4 Å². The first-order valence-corrected chi connectivity index (χ1v) is 7.68. The van der Waals surface area contributed by atoms with E-state index in [0.717, 1.165) is 0 Å². The van der Waals surface area contributed by atoms with Gasteiger partial charge in [0.15, 0.2) is 12.1 Å². The highest BCUT2D eigenvalue weighted by Crippen LogP contribution is 2.29. The standard InChI is InChI=1S/C16H15ClN2O5/c17-11-3-4-12(14-10(11)2-1-6-18-14)24-8-13(20)19-16(15(21)22)5-7-23-9-16/h1-4,6H,5,7-9H2,(H,19,20)(H,21,22). The zero-order valence-corrected chi connectivity index (χ0v) is 13.4. The SMILES string of the molecule is O=C(COc1ccc(Cl)c2cccnc12)NC1(C(=O)O)CCOC1. The number of benzene rings is 1. The second-order valence-corrected chi connectivity index (χ2v) is 5.88. The van der Waals surface area contributed by atoms with Gasteiger partial charge in [0.1, 0.15) is 11.3 Å². The van der Waals surface area contributed by atoms with Gasteiger partial charge in [-0.2, -0.15) is 0 Å². The average molecular weight is 351 g/mol. The summed E-state index contributed by atoms with van der Waals surface area (Å²) in [5.74, 6) is -1.26. The number of rotatable bonds is 5. The average Bonchev–Trinajstić information content (AvgIpc) is 3.04. The molecule has 1 amide bonds. The molecule has 1 fully saturated rings. The van der Waals surface area contributed by atoms with Crippen LogP contribution < -0.4 is 10.1 Å². The van der Waals surface area contributed by atoms with Gasteiger partial charge in [0.2, 0.25) is 0 Å². The van der Waals surface area contributed by atoms with Crippen LogP contribution in [-0.4, -0.2) is 47.3 Å². The third kappa shape index (κ3) is 3.13. The number of fused-ring (bicyclic) bond motifs is 1. The van der Waals surface area contributed by atoms with Gasteiger partial charge >= 0.3 is 5.97 Å². The van der Waals surface area contributed by atoms with Crippen molar-refractivity contribution in [1.82, 2.24) is 10.3 Å². The molecule has 0 radical (unpaired) electrons. The number of carboxylic acids is 1. The number of nitrogens with zero attached hydrogens (tertiary/aromatic N) is 1. The van der Waals surface area contributed by atoms with Crippen molar-refractivity contribution in [1.29, 1.82) is 0 Å². The van der Waals surface area contributed by atoms with E-state index in [0.29, 0.717) is 28.3 Å². The first kappa shape index (κ1) is 16.5. The number of carboxylic acid groups (broad SMARTS) is 1. The lowest BCUT2D eigenvalue weighted by atomic mass is 9.99. The fraction of sp³-hybridized carbons (Fsp3) is 0.312. The summed E-state index contributed by atoms with van der Waals surface area (Å²) >= 11 is 6.10. The molecular weight excluding hydrogens is 336 g/mol. The molecule has 0 spiro atoms. The smallest absolute Gasteiger partial charge is 0.331 e. The molecule has 2 N–H and O–H groups in total. The van der Waals surface area contributed by atoms with Gasteiger partial charge in [-0.25, -0.2) is 4.79 Å². The van der Waals surface area contributed by atoms with Gasteiger partial charge in [-0.1, -0.05) is 11.6 Å². The third-order valence-corrected chi connectivity index (χ3v) is 4.18. The van der Waals surface area contributed by atoms with Gasteiger partial charge in [-0.3, -0.25) is 9.78 Å². The highest BCUT2D eigenvalue weighted by atomic mass is 35.5. The van der Waals surface area contributed by atoms with Crippen molar-refractivity contribution in [2.24, 2.45) is 0 Å². The number of aromatic nitrogens is 1. The molecule has 0 aliphatic carbocycles. The van der Waals surface area contributed by atoms with E-state index in [1.807, 2.05) is 0 Å². The summed E-state index contributed by atoms with van der Waals surface area (Å²) in [6, 6.07) is 6.83. The molecule has 1 atom stereocenters. The topological polar surface area (TPSA) is 97.8 Å². The van der Waals surface area contributed by atoms with Crippen LogP contribution in [0.3, 0.4) is 0 Å². The van der Waals surface area contributed by atoms with Crippen molar-refractivity contribution in [3.8, 4) is 5.75 Å². The molecule has 1 aromatic carbocycles. The van der Waals surface area contributed by atoms with Crippen LogP contribution in [0.2, 0.25) is 5.02 Å². The number of aliphatic carboxylic acids is 1. The minimum atomic E-state index is -1.39. The minimum absolute atomic E-state index is 0.0560. The summed E-state index contributed by atoms with van der Waals surface area (Å²) in [5, 5.41) is 13.0. The van der Waals surface area contributed by atoms with E-state index in [-0.39, 0.29) is 19.6 Å². The summed E-state index contributed by atoms with van der Waals surface area (Å²) in [6.45, 7) is -0.0962. The number of hydrogen-bond donors (Lipinski definition) is 2. The zero-order chi connectivity index (χ0) is 17.2. The summed E-state index contributed by atoms with van der Waals surface area (Å²) in [6.07, 6.45) is 1.82. The molecule has 1 aromatic heterocycles.